The number of benzene rings is 1. The zero-order chi connectivity index (χ0) is 12.8. The highest BCUT2D eigenvalue weighted by Gasteiger charge is 2.02. The molecule has 0 amide bonds. The zero-order valence-electron chi connectivity index (χ0n) is 11.3. The largest absolute Gasteiger partial charge is 0.312 e. The number of rotatable bonds is 6. The fraction of sp³-hybridized carbons (Fsp3) is 0.571. The normalized spacial score (nSPS) is 12.7. The lowest BCUT2D eigenvalue weighted by atomic mass is 10.0. The lowest BCUT2D eigenvalue weighted by Gasteiger charge is -2.10. The van der Waals surface area contributed by atoms with Gasteiger partial charge in [-0.15, -0.1) is 0 Å². The van der Waals surface area contributed by atoms with Crippen molar-refractivity contribution in [3.05, 3.63) is 34.4 Å². The Bertz CT molecular complexity index is 401. The summed E-state index contributed by atoms with van der Waals surface area (Å²) in [6, 6.07) is 4.48. The third-order valence-electron chi connectivity index (χ3n) is 3.10. The van der Waals surface area contributed by atoms with Gasteiger partial charge in [0.05, 0.1) is 0 Å². The third kappa shape index (κ3) is 4.60. The molecule has 0 heterocycles. The summed E-state index contributed by atoms with van der Waals surface area (Å²) in [5, 5.41) is 3.36. The maximum atomic E-state index is 11.3. The Kier molecular flexibility index (Phi) is 5.86. The molecule has 1 rings (SSSR count). The van der Waals surface area contributed by atoms with Crippen LogP contribution in [0.15, 0.2) is 12.1 Å². The Hall–Kier alpha value is -0.670. The minimum atomic E-state index is -0.661. The standard InChI is InChI=1S/C14H23NOS/c1-5-17(16)7-6-15-10-14-9-12(3)11(2)8-13(14)4/h8-9,15H,5-7,10H2,1-4H3. The minimum Gasteiger partial charge on any atom is -0.312 e. The van der Waals surface area contributed by atoms with Crippen molar-refractivity contribution in [2.24, 2.45) is 0 Å². The molecule has 1 aromatic rings. The summed E-state index contributed by atoms with van der Waals surface area (Å²) in [4.78, 5) is 0. The fourth-order valence-corrected chi connectivity index (χ4v) is 2.42. The molecule has 0 aliphatic heterocycles. The Morgan fingerprint density at radius 2 is 1.76 bits per heavy atom. The van der Waals surface area contributed by atoms with Crippen LogP contribution in [-0.4, -0.2) is 22.3 Å². The summed E-state index contributed by atoms with van der Waals surface area (Å²) in [6.45, 7) is 10.1. The smallest absolute Gasteiger partial charge is 0.0360 e. The van der Waals surface area contributed by atoms with Crippen LogP contribution >= 0.6 is 0 Å². The Balaban J connectivity index is 2.47. The zero-order valence-corrected chi connectivity index (χ0v) is 12.1. The minimum absolute atomic E-state index is 0.661. The van der Waals surface area contributed by atoms with Crippen LogP contribution in [0.25, 0.3) is 0 Å². The van der Waals surface area contributed by atoms with E-state index in [1.807, 2.05) is 6.92 Å². The van der Waals surface area contributed by atoms with Gasteiger partial charge in [-0.05, 0) is 43.0 Å². The average molecular weight is 253 g/mol. The van der Waals surface area contributed by atoms with E-state index in [-0.39, 0.29) is 0 Å². The maximum Gasteiger partial charge on any atom is 0.0360 e. The molecule has 96 valence electrons. The van der Waals surface area contributed by atoms with E-state index in [0.717, 1.165) is 24.6 Å². The summed E-state index contributed by atoms with van der Waals surface area (Å²) in [5.74, 6) is 1.50. The summed E-state index contributed by atoms with van der Waals surface area (Å²) in [6.07, 6.45) is 0. The number of hydrogen-bond acceptors (Lipinski definition) is 2. The Morgan fingerprint density at radius 3 is 2.41 bits per heavy atom. The summed E-state index contributed by atoms with van der Waals surface area (Å²) >= 11 is 0. The molecule has 1 unspecified atom stereocenters. The molecule has 3 heteroatoms. The second-order valence-corrected chi connectivity index (χ2v) is 6.34. The van der Waals surface area contributed by atoms with E-state index in [9.17, 15) is 4.21 Å². The molecule has 0 fully saturated rings. The average Bonchev–Trinajstić information content (AvgIpc) is 2.30. The first-order chi connectivity index (χ1) is 8.04. The van der Waals surface area contributed by atoms with Gasteiger partial charge in [0.25, 0.3) is 0 Å². The topological polar surface area (TPSA) is 29.1 Å². The molecular formula is C14H23NOS. The molecule has 0 aliphatic carbocycles. The second kappa shape index (κ2) is 6.92. The number of hydrogen-bond donors (Lipinski definition) is 1. The van der Waals surface area contributed by atoms with Crippen LogP contribution in [0.1, 0.15) is 29.2 Å². The van der Waals surface area contributed by atoms with E-state index in [1.54, 1.807) is 0 Å². The molecule has 0 radical (unpaired) electrons. The van der Waals surface area contributed by atoms with E-state index in [2.05, 4.69) is 38.2 Å². The molecule has 1 atom stereocenters. The van der Waals surface area contributed by atoms with Gasteiger partial charge in [-0.3, -0.25) is 4.21 Å². The van der Waals surface area contributed by atoms with Crippen LogP contribution in [0.2, 0.25) is 0 Å². The fourth-order valence-electron chi connectivity index (χ4n) is 1.76. The van der Waals surface area contributed by atoms with E-state index in [1.165, 1.54) is 22.3 Å². The predicted molar refractivity (Wildman–Crippen MR) is 75.9 cm³/mol. The van der Waals surface area contributed by atoms with Crippen LogP contribution < -0.4 is 5.32 Å². The van der Waals surface area contributed by atoms with Crippen LogP contribution in [0.4, 0.5) is 0 Å². The Labute approximate surface area is 107 Å². The van der Waals surface area contributed by atoms with Crippen molar-refractivity contribution >= 4 is 10.8 Å². The van der Waals surface area contributed by atoms with Crippen molar-refractivity contribution in [1.29, 1.82) is 0 Å². The van der Waals surface area contributed by atoms with Gasteiger partial charge in [-0.1, -0.05) is 19.1 Å². The van der Waals surface area contributed by atoms with Crippen LogP contribution in [0.3, 0.4) is 0 Å². The molecule has 0 saturated carbocycles. The first kappa shape index (κ1) is 14.4. The monoisotopic (exact) mass is 253 g/mol. The van der Waals surface area contributed by atoms with Crippen molar-refractivity contribution in [3.8, 4) is 0 Å². The summed E-state index contributed by atoms with van der Waals surface area (Å²) in [5.41, 5.74) is 5.36. The van der Waals surface area contributed by atoms with Gasteiger partial charge >= 0.3 is 0 Å². The molecule has 0 saturated heterocycles. The first-order valence-corrected chi connectivity index (χ1v) is 7.65. The summed E-state index contributed by atoms with van der Waals surface area (Å²) < 4.78 is 11.3. The van der Waals surface area contributed by atoms with Gasteiger partial charge in [-0.25, -0.2) is 0 Å². The van der Waals surface area contributed by atoms with Gasteiger partial charge in [0.1, 0.15) is 0 Å². The highest BCUT2D eigenvalue weighted by atomic mass is 32.2. The maximum absolute atomic E-state index is 11.3. The van der Waals surface area contributed by atoms with Crippen LogP contribution in [-0.2, 0) is 17.3 Å². The van der Waals surface area contributed by atoms with Crippen LogP contribution in [0.5, 0.6) is 0 Å². The SMILES string of the molecule is CCS(=O)CCNCc1cc(C)c(C)cc1C. The highest BCUT2D eigenvalue weighted by molar-refractivity contribution is 7.84. The van der Waals surface area contributed by atoms with Gasteiger partial charge in [0, 0.05) is 35.4 Å². The first-order valence-electron chi connectivity index (χ1n) is 6.17. The number of aryl methyl sites for hydroxylation is 3. The van der Waals surface area contributed by atoms with Crippen molar-refractivity contribution in [3.63, 3.8) is 0 Å². The van der Waals surface area contributed by atoms with Gasteiger partial charge in [-0.2, -0.15) is 0 Å². The molecule has 17 heavy (non-hydrogen) atoms. The second-order valence-electron chi connectivity index (χ2n) is 4.47. The number of nitrogens with one attached hydrogen (secondary N) is 1. The predicted octanol–water partition coefficient (Wildman–Crippen LogP) is 2.47. The molecule has 2 nitrogen and oxygen atoms in total. The van der Waals surface area contributed by atoms with Gasteiger partial charge in [0.15, 0.2) is 0 Å². The van der Waals surface area contributed by atoms with Gasteiger partial charge < -0.3 is 5.32 Å². The van der Waals surface area contributed by atoms with Crippen LogP contribution in [0, 0.1) is 20.8 Å². The third-order valence-corrected chi connectivity index (χ3v) is 4.40. The molecule has 0 bridgehead atoms. The molecule has 0 aliphatic rings. The van der Waals surface area contributed by atoms with E-state index in [4.69, 9.17) is 0 Å². The lowest BCUT2D eigenvalue weighted by Crippen LogP contribution is -2.21. The van der Waals surface area contributed by atoms with E-state index >= 15 is 0 Å². The summed E-state index contributed by atoms with van der Waals surface area (Å²) in [7, 11) is -0.661. The Morgan fingerprint density at radius 1 is 1.12 bits per heavy atom. The molecular weight excluding hydrogens is 230 g/mol. The quantitative estimate of drug-likeness (QED) is 0.789. The molecule has 1 N–H and O–H groups in total. The van der Waals surface area contributed by atoms with E-state index < -0.39 is 10.8 Å². The van der Waals surface area contributed by atoms with Crippen molar-refractivity contribution in [2.75, 3.05) is 18.1 Å². The van der Waals surface area contributed by atoms with Crippen molar-refractivity contribution in [2.45, 2.75) is 34.2 Å². The highest BCUT2D eigenvalue weighted by Crippen LogP contribution is 2.14. The van der Waals surface area contributed by atoms with Crippen molar-refractivity contribution < 1.29 is 4.21 Å². The lowest BCUT2D eigenvalue weighted by molar-refractivity contribution is 0.673. The molecule has 0 spiro atoms. The van der Waals surface area contributed by atoms with Crippen molar-refractivity contribution in [1.82, 2.24) is 5.32 Å². The molecule has 0 aromatic heterocycles. The van der Waals surface area contributed by atoms with Gasteiger partial charge in [0.2, 0.25) is 0 Å². The molecule has 1 aromatic carbocycles. The van der Waals surface area contributed by atoms with E-state index in [0.29, 0.717) is 0 Å².